The molecule has 12 heavy (non-hydrogen) atoms. The molecule has 0 rings (SSSR count). The van der Waals surface area contributed by atoms with E-state index in [1.807, 2.05) is 17.8 Å². The molecule has 0 fully saturated rings. The first-order chi connectivity index (χ1) is 5.85. The Labute approximate surface area is 81.1 Å². The molecule has 0 aromatic carbocycles. The minimum Gasteiger partial charge on any atom is -0.165 e. The van der Waals surface area contributed by atoms with Crippen LogP contribution >= 0.6 is 11.8 Å². The number of thioether (sulfide) groups is 1. The Bertz CT molecular complexity index is 127. The fourth-order valence-electron chi connectivity index (χ4n) is 1.07. The van der Waals surface area contributed by atoms with Gasteiger partial charge in [0.25, 0.3) is 0 Å². The van der Waals surface area contributed by atoms with Gasteiger partial charge in [0.15, 0.2) is 0 Å². The molecule has 0 saturated heterocycles. The molecule has 0 amide bonds. The predicted molar refractivity (Wildman–Crippen MR) is 60.7 cm³/mol. The summed E-state index contributed by atoms with van der Waals surface area (Å²) in [6, 6.07) is 0. The van der Waals surface area contributed by atoms with Crippen molar-refractivity contribution in [3.63, 3.8) is 0 Å². The lowest BCUT2D eigenvalue weighted by Crippen LogP contribution is -1.91. The Kier molecular flexibility index (Phi) is 8.80. The van der Waals surface area contributed by atoms with Gasteiger partial charge in [-0.15, -0.1) is 6.58 Å². The van der Waals surface area contributed by atoms with Gasteiger partial charge in [-0.3, -0.25) is 0 Å². The summed E-state index contributed by atoms with van der Waals surface area (Å²) < 4.78 is 0. The van der Waals surface area contributed by atoms with Crippen molar-refractivity contribution in [1.82, 2.24) is 0 Å². The van der Waals surface area contributed by atoms with E-state index in [2.05, 4.69) is 31.9 Å². The van der Waals surface area contributed by atoms with Crippen molar-refractivity contribution in [2.75, 3.05) is 12.0 Å². The maximum absolute atomic E-state index is 3.75. The van der Waals surface area contributed by atoms with Crippen molar-refractivity contribution in [2.24, 2.45) is 5.92 Å². The van der Waals surface area contributed by atoms with Gasteiger partial charge in [0.2, 0.25) is 0 Å². The van der Waals surface area contributed by atoms with Crippen LogP contribution in [0.3, 0.4) is 0 Å². The first-order valence-corrected chi connectivity index (χ1v) is 6.01. The van der Waals surface area contributed by atoms with Gasteiger partial charge >= 0.3 is 0 Å². The van der Waals surface area contributed by atoms with Gasteiger partial charge in [0, 0.05) is 0 Å². The van der Waals surface area contributed by atoms with Gasteiger partial charge in [-0.25, -0.2) is 0 Å². The predicted octanol–water partition coefficient (Wildman–Crippen LogP) is 3.90. The van der Waals surface area contributed by atoms with Gasteiger partial charge in [-0.05, 0) is 37.2 Å². The molecule has 70 valence electrons. The standard InChI is InChI=1S/C11H20S/c1-4-8-11(5-2)9-6-7-10-12-3/h4,6,9,11H,1,5,7-8,10H2,2-3H3/b9-6+. The molecule has 0 bridgehead atoms. The van der Waals surface area contributed by atoms with E-state index < -0.39 is 0 Å². The molecule has 1 unspecified atom stereocenters. The van der Waals surface area contributed by atoms with Crippen LogP contribution in [0.1, 0.15) is 26.2 Å². The molecular weight excluding hydrogens is 164 g/mol. The second kappa shape index (κ2) is 8.92. The first kappa shape index (κ1) is 11.8. The summed E-state index contributed by atoms with van der Waals surface area (Å²) in [4.78, 5) is 0. The highest BCUT2D eigenvalue weighted by atomic mass is 32.2. The molecule has 0 aliphatic heterocycles. The zero-order chi connectivity index (χ0) is 9.23. The quantitative estimate of drug-likeness (QED) is 0.427. The molecule has 0 saturated carbocycles. The molecule has 0 N–H and O–H groups in total. The molecular formula is C11H20S. The molecule has 0 aliphatic rings. The molecule has 0 aromatic rings. The number of allylic oxidation sites excluding steroid dienone is 3. The topological polar surface area (TPSA) is 0 Å². The van der Waals surface area contributed by atoms with Gasteiger partial charge < -0.3 is 0 Å². The molecule has 0 aromatic heterocycles. The number of hydrogen-bond acceptors (Lipinski definition) is 1. The highest BCUT2D eigenvalue weighted by molar-refractivity contribution is 7.98. The Morgan fingerprint density at radius 3 is 2.75 bits per heavy atom. The van der Waals surface area contributed by atoms with Crippen LogP contribution in [0, 0.1) is 5.92 Å². The van der Waals surface area contributed by atoms with Crippen LogP contribution in [0.2, 0.25) is 0 Å². The van der Waals surface area contributed by atoms with Crippen LogP contribution in [-0.4, -0.2) is 12.0 Å². The van der Waals surface area contributed by atoms with Gasteiger partial charge in [-0.1, -0.05) is 25.2 Å². The molecule has 0 radical (unpaired) electrons. The highest BCUT2D eigenvalue weighted by Gasteiger charge is 1.96. The maximum atomic E-state index is 3.75. The molecule has 1 heteroatoms. The van der Waals surface area contributed by atoms with Gasteiger partial charge in [0.1, 0.15) is 0 Å². The SMILES string of the molecule is C=CCC(/C=C/CCSC)CC. The Morgan fingerprint density at radius 2 is 2.25 bits per heavy atom. The Balaban J connectivity index is 3.53. The van der Waals surface area contributed by atoms with Crippen molar-refractivity contribution in [2.45, 2.75) is 26.2 Å². The molecule has 0 heterocycles. The summed E-state index contributed by atoms with van der Waals surface area (Å²) in [5.74, 6) is 1.95. The zero-order valence-corrected chi connectivity index (χ0v) is 9.07. The first-order valence-electron chi connectivity index (χ1n) is 4.61. The van der Waals surface area contributed by atoms with E-state index in [1.165, 1.54) is 18.6 Å². The van der Waals surface area contributed by atoms with E-state index in [0.717, 1.165) is 6.42 Å². The largest absolute Gasteiger partial charge is 0.165 e. The Morgan fingerprint density at radius 1 is 1.50 bits per heavy atom. The van der Waals surface area contributed by atoms with E-state index >= 15 is 0 Å². The van der Waals surface area contributed by atoms with Crippen LogP contribution < -0.4 is 0 Å². The van der Waals surface area contributed by atoms with Crippen LogP contribution in [0.25, 0.3) is 0 Å². The molecule has 1 atom stereocenters. The summed E-state index contributed by atoms with van der Waals surface area (Å²) in [5, 5.41) is 0. The average Bonchev–Trinajstić information content (AvgIpc) is 2.10. The molecule has 0 spiro atoms. The fourth-order valence-corrected chi connectivity index (χ4v) is 1.44. The number of hydrogen-bond donors (Lipinski definition) is 0. The van der Waals surface area contributed by atoms with Crippen LogP contribution in [0.5, 0.6) is 0 Å². The van der Waals surface area contributed by atoms with Crippen LogP contribution in [0.4, 0.5) is 0 Å². The third kappa shape index (κ3) is 6.53. The van der Waals surface area contributed by atoms with Crippen molar-refractivity contribution in [3.8, 4) is 0 Å². The monoisotopic (exact) mass is 184 g/mol. The van der Waals surface area contributed by atoms with Crippen molar-refractivity contribution < 1.29 is 0 Å². The smallest absolute Gasteiger partial charge is 0.00357 e. The third-order valence-electron chi connectivity index (χ3n) is 1.89. The minimum absolute atomic E-state index is 0.712. The summed E-state index contributed by atoms with van der Waals surface area (Å²) in [6.45, 7) is 5.98. The highest BCUT2D eigenvalue weighted by Crippen LogP contribution is 2.10. The number of rotatable bonds is 7. The van der Waals surface area contributed by atoms with Crippen molar-refractivity contribution in [1.29, 1.82) is 0 Å². The lowest BCUT2D eigenvalue weighted by molar-refractivity contribution is 0.637. The average molecular weight is 184 g/mol. The molecule has 0 nitrogen and oxygen atoms in total. The fraction of sp³-hybridized carbons (Fsp3) is 0.636. The van der Waals surface area contributed by atoms with Gasteiger partial charge in [0.05, 0.1) is 0 Å². The normalized spacial score (nSPS) is 13.5. The summed E-state index contributed by atoms with van der Waals surface area (Å²) in [5.41, 5.74) is 0. The van der Waals surface area contributed by atoms with E-state index in [1.54, 1.807) is 0 Å². The second-order valence-corrected chi connectivity index (χ2v) is 3.89. The van der Waals surface area contributed by atoms with E-state index in [0.29, 0.717) is 5.92 Å². The van der Waals surface area contributed by atoms with Crippen molar-refractivity contribution in [3.05, 3.63) is 24.8 Å². The lowest BCUT2D eigenvalue weighted by Gasteiger charge is -2.04. The Hall–Kier alpha value is -0.170. The minimum atomic E-state index is 0.712. The molecule has 0 aliphatic carbocycles. The maximum Gasteiger partial charge on any atom is -0.00357 e. The second-order valence-electron chi connectivity index (χ2n) is 2.90. The van der Waals surface area contributed by atoms with E-state index in [4.69, 9.17) is 0 Å². The lowest BCUT2D eigenvalue weighted by atomic mass is 10.0. The summed E-state index contributed by atoms with van der Waals surface area (Å²) in [6.07, 6.45) is 12.3. The van der Waals surface area contributed by atoms with Crippen LogP contribution in [0.15, 0.2) is 24.8 Å². The summed E-state index contributed by atoms with van der Waals surface area (Å²) in [7, 11) is 0. The third-order valence-corrected chi connectivity index (χ3v) is 2.53. The van der Waals surface area contributed by atoms with Crippen LogP contribution in [-0.2, 0) is 0 Å². The van der Waals surface area contributed by atoms with Gasteiger partial charge in [-0.2, -0.15) is 11.8 Å². The van der Waals surface area contributed by atoms with E-state index in [-0.39, 0.29) is 0 Å². The summed E-state index contributed by atoms with van der Waals surface area (Å²) >= 11 is 1.90. The zero-order valence-electron chi connectivity index (χ0n) is 8.25. The van der Waals surface area contributed by atoms with Crippen molar-refractivity contribution >= 4 is 11.8 Å². The van der Waals surface area contributed by atoms with E-state index in [9.17, 15) is 0 Å².